The largest absolute Gasteiger partial charge is 0.417 e. The molecule has 0 N–H and O–H groups in total. The van der Waals surface area contributed by atoms with Crippen molar-refractivity contribution in [1.29, 1.82) is 0 Å². The van der Waals surface area contributed by atoms with Crippen LogP contribution in [0, 0.1) is 6.92 Å². The van der Waals surface area contributed by atoms with Gasteiger partial charge in [-0.3, -0.25) is 9.55 Å². The molecule has 3 nitrogen and oxygen atoms in total. The molecule has 0 aliphatic heterocycles. The highest BCUT2D eigenvalue weighted by Crippen LogP contribution is 2.38. The van der Waals surface area contributed by atoms with E-state index >= 15 is 0 Å². The first-order chi connectivity index (χ1) is 14.9. The summed E-state index contributed by atoms with van der Waals surface area (Å²) < 4.78 is 41.9. The molecule has 2 heterocycles. The molecule has 0 fully saturated rings. The lowest BCUT2D eigenvalue weighted by Gasteiger charge is -2.12. The number of imidazole rings is 1. The number of hydrogen-bond donors (Lipinski definition) is 0. The standard InChI is InChI=1S/C24H20ClF3N3/c1-2-16-6-8-18(9-7-16)31-22-15-20(25)19(24(26,27)28)14-21(22)30-23(31)5-3-4-17-10-12-29-13-11-17/h6-15H,1-5H2. The Morgan fingerprint density at radius 3 is 2.29 bits per heavy atom. The van der Waals surface area contributed by atoms with Crippen molar-refractivity contribution in [2.45, 2.75) is 31.9 Å². The van der Waals surface area contributed by atoms with Crippen LogP contribution in [0.4, 0.5) is 13.2 Å². The molecule has 4 aromatic rings. The summed E-state index contributed by atoms with van der Waals surface area (Å²) in [6, 6.07) is 14.1. The zero-order valence-electron chi connectivity index (χ0n) is 16.7. The van der Waals surface area contributed by atoms with Crippen molar-refractivity contribution < 1.29 is 13.2 Å². The van der Waals surface area contributed by atoms with Gasteiger partial charge < -0.3 is 0 Å². The molecule has 0 aliphatic carbocycles. The number of halogens is 4. The number of aryl methyl sites for hydroxylation is 2. The van der Waals surface area contributed by atoms with Gasteiger partial charge in [0.25, 0.3) is 0 Å². The van der Waals surface area contributed by atoms with Gasteiger partial charge in [0.15, 0.2) is 0 Å². The maximum Gasteiger partial charge on any atom is 0.417 e. The summed E-state index contributed by atoms with van der Waals surface area (Å²) in [5, 5.41) is -0.334. The molecule has 0 unspecified atom stereocenters. The second-order valence-corrected chi connectivity index (χ2v) is 7.71. The van der Waals surface area contributed by atoms with Gasteiger partial charge in [0.1, 0.15) is 5.82 Å². The summed E-state index contributed by atoms with van der Waals surface area (Å²) in [7, 11) is 0. The minimum absolute atomic E-state index is 0.275. The Bertz CT molecular complexity index is 1180. The number of rotatable bonds is 6. The number of benzene rings is 2. The molecule has 0 saturated heterocycles. The van der Waals surface area contributed by atoms with Crippen molar-refractivity contribution in [3.05, 3.63) is 95.4 Å². The summed E-state index contributed by atoms with van der Waals surface area (Å²) in [6.07, 6.45) is 1.83. The number of alkyl halides is 3. The zero-order chi connectivity index (χ0) is 22.0. The van der Waals surface area contributed by atoms with Gasteiger partial charge in [-0.25, -0.2) is 4.98 Å². The quantitative estimate of drug-likeness (QED) is 0.335. The van der Waals surface area contributed by atoms with E-state index in [1.165, 1.54) is 6.07 Å². The Hall–Kier alpha value is -2.86. The van der Waals surface area contributed by atoms with Crippen LogP contribution in [-0.2, 0) is 25.4 Å². The van der Waals surface area contributed by atoms with E-state index in [9.17, 15) is 13.2 Å². The maximum atomic E-state index is 13.4. The number of aromatic nitrogens is 3. The van der Waals surface area contributed by atoms with Crippen LogP contribution in [0.2, 0.25) is 5.02 Å². The van der Waals surface area contributed by atoms with E-state index in [4.69, 9.17) is 11.6 Å². The molecule has 31 heavy (non-hydrogen) atoms. The van der Waals surface area contributed by atoms with Gasteiger partial charge in [-0.15, -0.1) is 0 Å². The van der Waals surface area contributed by atoms with Crippen LogP contribution in [0.5, 0.6) is 0 Å². The summed E-state index contributed by atoms with van der Waals surface area (Å²) in [6.45, 7) is 3.88. The topological polar surface area (TPSA) is 30.7 Å². The highest BCUT2D eigenvalue weighted by molar-refractivity contribution is 6.32. The lowest BCUT2D eigenvalue weighted by molar-refractivity contribution is -0.137. The van der Waals surface area contributed by atoms with Crippen LogP contribution in [0.25, 0.3) is 16.7 Å². The maximum absolute atomic E-state index is 13.4. The number of hydrogen-bond acceptors (Lipinski definition) is 2. The summed E-state index contributed by atoms with van der Waals surface area (Å²) in [5.74, 6) is 0.696. The fraction of sp³-hybridized carbons (Fsp3) is 0.208. The third kappa shape index (κ3) is 4.59. The summed E-state index contributed by atoms with van der Waals surface area (Å²) >= 11 is 6.01. The van der Waals surface area contributed by atoms with Gasteiger partial charge in [-0.1, -0.05) is 23.7 Å². The fourth-order valence-corrected chi connectivity index (χ4v) is 3.90. The molecule has 2 aromatic heterocycles. The summed E-state index contributed by atoms with van der Waals surface area (Å²) in [4.78, 5) is 8.58. The van der Waals surface area contributed by atoms with Crippen molar-refractivity contribution >= 4 is 22.6 Å². The second-order valence-electron chi connectivity index (χ2n) is 7.31. The van der Waals surface area contributed by atoms with Crippen molar-refractivity contribution in [3.8, 4) is 5.69 Å². The van der Waals surface area contributed by atoms with Crippen LogP contribution in [0.3, 0.4) is 0 Å². The molecule has 0 aliphatic rings. The second kappa shape index (κ2) is 8.71. The smallest absolute Gasteiger partial charge is 0.296 e. The van der Waals surface area contributed by atoms with Gasteiger partial charge in [0.2, 0.25) is 0 Å². The Morgan fingerprint density at radius 1 is 0.935 bits per heavy atom. The molecule has 0 saturated carbocycles. The van der Waals surface area contributed by atoms with Gasteiger partial charge in [0, 0.05) is 24.5 Å². The van der Waals surface area contributed by atoms with E-state index in [0.29, 0.717) is 24.2 Å². The highest BCUT2D eigenvalue weighted by atomic mass is 35.5. The van der Waals surface area contributed by atoms with Gasteiger partial charge in [-0.2, -0.15) is 13.2 Å². The van der Waals surface area contributed by atoms with Crippen LogP contribution < -0.4 is 0 Å². The Kier molecular flexibility index (Phi) is 6.01. The molecular weight excluding hydrogens is 423 g/mol. The third-order valence-corrected chi connectivity index (χ3v) is 5.53. The average Bonchev–Trinajstić information content (AvgIpc) is 3.10. The average molecular weight is 443 g/mol. The monoisotopic (exact) mass is 442 g/mol. The molecule has 0 bridgehead atoms. The Balaban J connectivity index is 1.76. The molecule has 2 aromatic carbocycles. The molecule has 0 atom stereocenters. The number of pyridine rings is 1. The first-order valence-corrected chi connectivity index (χ1v) is 10.3. The van der Waals surface area contributed by atoms with Gasteiger partial charge >= 0.3 is 6.18 Å². The Labute approximate surface area is 183 Å². The molecule has 0 amide bonds. The van der Waals surface area contributed by atoms with Crippen molar-refractivity contribution in [2.75, 3.05) is 0 Å². The number of fused-ring (bicyclic) bond motifs is 1. The molecule has 1 radical (unpaired) electrons. The van der Waals surface area contributed by atoms with Gasteiger partial charge in [-0.05, 0) is 73.7 Å². The van der Waals surface area contributed by atoms with E-state index in [-0.39, 0.29) is 10.5 Å². The minimum atomic E-state index is -4.54. The third-order valence-electron chi connectivity index (χ3n) is 5.22. The molecule has 159 valence electrons. The van der Waals surface area contributed by atoms with Gasteiger partial charge in [0.05, 0.1) is 21.6 Å². The molecular formula is C24H20ClF3N3. The first-order valence-electron chi connectivity index (χ1n) is 9.92. The zero-order valence-corrected chi connectivity index (χ0v) is 17.4. The molecule has 7 heteroatoms. The van der Waals surface area contributed by atoms with Crippen molar-refractivity contribution in [3.63, 3.8) is 0 Å². The highest BCUT2D eigenvalue weighted by Gasteiger charge is 2.34. The van der Waals surface area contributed by atoms with E-state index in [2.05, 4.69) is 16.9 Å². The van der Waals surface area contributed by atoms with Crippen LogP contribution in [0.1, 0.15) is 28.9 Å². The van der Waals surface area contributed by atoms with E-state index < -0.39 is 11.7 Å². The van der Waals surface area contributed by atoms with Crippen molar-refractivity contribution in [1.82, 2.24) is 14.5 Å². The summed E-state index contributed by atoms with van der Waals surface area (Å²) in [5.41, 5.74) is 3.01. The number of nitrogens with zero attached hydrogens (tertiary/aromatic N) is 3. The Morgan fingerprint density at radius 2 is 1.65 bits per heavy atom. The van der Waals surface area contributed by atoms with E-state index in [0.717, 1.165) is 35.7 Å². The normalized spacial score (nSPS) is 11.9. The minimum Gasteiger partial charge on any atom is -0.296 e. The van der Waals surface area contributed by atoms with Crippen LogP contribution >= 0.6 is 11.6 Å². The van der Waals surface area contributed by atoms with Crippen molar-refractivity contribution in [2.24, 2.45) is 0 Å². The first kappa shape index (κ1) is 21.4. The lowest BCUT2D eigenvalue weighted by atomic mass is 10.1. The predicted molar refractivity (Wildman–Crippen MR) is 116 cm³/mol. The van der Waals surface area contributed by atoms with Crippen LogP contribution in [0.15, 0.2) is 60.9 Å². The van der Waals surface area contributed by atoms with E-state index in [1.54, 1.807) is 12.4 Å². The molecule has 4 rings (SSSR count). The predicted octanol–water partition coefficient (Wildman–Crippen LogP) is 6.64. The lowest BCUT2D eigenvalue weighted by Crippen LogP contribution is -2.06. The SMILES string of the molecule is [CH2]Cc1ccc(-n2c(CCCc3ccncc3)nc3cc(C(F)(F)F)c(Cl)cc32)cc1. The van der Waals surface area contributed by atoms with E-state index in [1.807, 2.05) is 41.0 Å². The molecule has 0 spiro atoms. The fourth-order valence-electron chi connectivity index (χ4n) is 3.63. The van der Waals surface area contributed by atoms with Crippen LogP contribution in [-0.4, -0.2) is 14.5 Å².